The van der Waals surface area contributed by atoms with Gasteiger partial charge in [-0.05, 0) is 62.7 Å². The average Bonchev–Trinajstić information content (AvgIpc) is 3.39. The molecular weight excluding hydrogens is 316 g/mol. The van der Waals surface area contributed by atoms with Crippen LogP contribution in [-0.2, 0) is 0 Å². The number of allylic oxidation sites excluding steroid dienone is 2. The standard InChI is InChI=1S/C24H28N2/c1-16-10-4-8-14-21(16)25-17(2)24-23(19-11-5-6-12-19)20-13-7-9-15-22(20)26(24)18(25)3/h4,7-10,13-15,18-19,23H,5-6,11-12H2,1-3H3/i3D3,23D. The minimum absolute atomic E-state index is 0.211. The van der Waals surface area contributed by atoms with Crippen LogP contribution in [0.15, 0.2) is 59.9 Å². The minimum atomic E-state index is -2.24. The Bertz CT molecular complexity index is 1020. The largest absolute Gasteiger partial charge is 0.322 e. The third kappa shape index (κ3) is 2.11. The monoisotopic (exact) mass is 348 g/mol. The third-order valence-electron chi connectivity index (χ3n) is 6.28. The summed E-state index contributed by atoms with van der Waals surface area (Å²) in [5.41, 5.74) is 5.54. The maximum atomic E-state index is 9.81. The molecule has 2 nitrogen and oxygen atoms in total. The Hall–Kier alpha value is -2.22. The summed E-state index contributed by atoms with van der Waals surface area (Å²) < 4.78 is 35.2. The molecule has 2 aromatic carbocycles. The summed E-state index contributed by atoms with van der Waals surface area (Å²) in [7, 11) is 0. The number of para-hydroxylation sites is 2. The van der Waals surface area contributed by atoms with E-state index in [0.29, 0.717) is 0 Å². The first kappa shape index (κ1) is 12.2. The Morgan fingerprint density at radius 1 is 0.923 bits per heavy atom. The van der Waals surface area contributed by atoms with E-state index in [0.717, 1.165) is 59.6 Å². The lowest BCUT2D eigenvalue weighted by molar-refractivity contribution is 0.482. The van der Waals surface area contributed by atoms with E-state index in [9.17, 15) is 1.37 Å². The fraction of sp³-hybridized carbons (Fsp3) is 0.417. The third-order valence-corrected chi connectivity index (χ3v) is 6.28. The predicted octanol–water partition coefficient (Wildman–Crippen LogP) is 6.19. The highest BCUT2D eigenvalue weighted by Crippen LogP contribution is 2.56. The van der Waals surface area contributed by atoms with Crippen LogP contribution in [0.2, 0.25) is 0 Å². The maximum absolute atomic E-state index is 9.81. The van der Waals surface area contributed by atoms with Crippen molar-refractivity contribution in [2.24, 2.45) is 5.92 Å². The number of fused-ring (bicyclic) bond motifs is 3. The van der Waals surface area contributed by atoms with Gasteiger partial charge in [-0.25, -0.2) is 0 Å². The van der Waals surface area contributed by atoms with Crippen molar-refractivity contribution in [1.29, 1.82) is 0 Å². The Kier molecular flexibility index (Phi) is 2.77. The molecule has 0 aromatic heterocycles. The predicted molar refractivity (Wildman–Crippen MR) is 109 cm³/mol. The molecule has 0 saturated heterocycles. The fourth-order valence-corrected chi connectivity index (χ4v) is 5.10. The van der Waals surface area contributed by atoms with E-state index >= 15 is 0 Å². The summed E-state index contributed by atoms with van der Waals surface area (Å²) in [4.78, 5) is 3.93. The Labute approximate surface area is 162 Å². The molecule has 0 radical (unpaired) electrons. The Balaban J connectivity index is 1.79. The molecule has 5 rings (SSSR count). The molecule has 1 saturated carbocycles. The molecule has 0 amide bonds. The van der Waals surface area contributed by atoms with E-state index in [4.69, 9.17) is 4.11 Å². The number of hydrogen-bond donors (Lipinski definition) is 0. The maximum Gasteiger partial charge on any atom is 0.108 e. The molecule has 134 valence electrons. The van der Waals surface area contributed by atoms with E-state index in [1.54, 1.807) is 0 Å². The first-order chi connectivity index (χ1) is 14.3. The van der Waals surface area contributed by atoms with Crippen molar-refractivity contribution in [3.05, 3.63) is 71.1 Å². The van der Waals surface area contributed by atoms with Crippen LogP contribution in [0.5, 0.6) is 0 Å². The molecule has 2 unspecified atom stereocenters. The summed E-state index contributed by atoms with van der Waals surface area (Å²) in [5.74, 6) is -0.694. The lowest BCUT2D eigenvalue weighted by Crippen LogP contribution is -2.37. The molecule has 2 aliphatic heterocycles. The summed E-state index contributed by atoms with van der Waals surface area (Å²) in [6.07, 6.45) is 3.48. The number of nitrogens with zero attached hydrogens (tertiary/aromatic N) is 2. The lowest BCUT2D eigenvalue weighted by atomic mass is 9.84. The zero-order chi connectivity index (χ0) is 21.3. The normalized spacial score (nSPS) is 30.8. The van der Waals surface area contributed by atoms with E-state index < -0.39 is 18.9 Å². The quantitative estimate of drug-likeness (QED) is 0.639. The minimum Gasteiger partial charge on any atom is -0.322 e. The van der Waals surface area contributed by atoms with E-state index in [1.807, 2.05) is 72.2 Å². The van der Waals surface area contributed by atoms with Gasteiger partial charge in [-0.15, -0.1) is 0 Å². The lowest BCUT2D eigenvalue weighted by Gasteiger charge is -2.32. The van der Waals surface area contributed by atoms with Crippen LogP contribution in [0.4, 0.5) is 11.4 Å². The van der Waals surface area contributed by atoms with Gasteiger partial charge in [0.25, 0.3) is 0 Å². The number of rotatable bonds is 2. The van der Waals surface area contributed by atoms with Gasteiger partial charge in [-0.2, -0.15) is 0 Å². The van der Waals surface area contributed by atoms with Crippen LogP contribution in [-0.4, -0.2) is 6.17 Å². The average molecular weight is 349 g/mol. The molecule has 2 heteroatoms. The molecule has 1 aliphatic carbocycles. The van der Waals surface area contributed by atoms with Gasteiger partial charge in [0.05, 0.1) is 0 Å². The van der Waals surface area contributed by atoms with Crippen molar-refractivity contribution < 1.29 is 5.48 Å². The van der Waals surface area contributed by atoms with Crippen molar-refractivity contribution in [2.75, 3.05) is 9.80 Å². The topological polar surface area (TPSA) is 6.48 Å². The van der Waals surface area contributed by atoms with Crippen LogP contribution < -0.4 is 9.80 Å². The summed E-state index contributed by atoms with van der Waals surface area (Å²) in [6.45, 7) is 1.79. The molecule has 0 spiro atoms. The van der Waals surface area contributed by atoms with Gasteiger partial charge in [-0.1, -0.05) is 49.2 Å². The van der Waals surface area contributed by atoms with Gasteiger partial charge in [0.2, 0.25) is 0 Å². The van der Waals surface area contributed by atoms with Gasteiger partial charge in [0, 0.05) is 34.1 Å². The number of anilines is 2. The molecule has 0 N–H and O–H groups in total. The zero-order valence-corrected chi connectivity index (χ0v) is 15.5. The molecule has 0 bridgehead atoms. The van der Waals surface area contributed by atoms with E-state index in [-0.39, 0.29) is 5.92 Å². The molecule has 1 fully saturated rings. The highest BCUT2D eigenvalue weighted by molar-refractivity contribution is 5.76. The number of benzene rings is 2. The molecular formula is C24H28N2. The fourth-order valence-electron chi connectivity index (χ4n) is 5.10. The summed E-state index contributed by atoms with van der Waals surface area (Å²) in [5, 5.41) is 0. The van der Waals surface area contributed by atoms with Crippen molar-refractivity contribution >= 4 is 11.4 Å². The van der Waals surface area contributed by atoms with Gasteiger partial charge in [-0.3, -0.25) is 0 Å². The van der Waals surface area contributed by atoms with Crippen molar-refractivity contribution in [1.82, 2.24) is 0 Å². The molecule has 2 heterocycles. The second kappa shape index (κ2) is 5.90. The van der Waals surface area contributed by atoms with Gasteiger partial charge in [0.15, 0.2) is 0 Å². The van der Waals surface area contributed by atoms with Gasteiger partial charge < -0.3 is 9.80 Å². The van der Waals surface area contributed by atoms with Gasteiger partial charge in [0.1, 0.15) is 6.17 Å². The summed E-state index contributed by atoms with van der Waals surface area (Å²) >= 11 is 0. The van der Waals surface area contributed by atoms with Crippen LogP contribution in [0.3, 0.4) is 0 Å². The second-order valence-electron chi connectivity index (χ2n) is 7.75. The highest BCUT2D eigenvalue weighted by atomic mass is 15.4. The van der Waals surface area contributed by atoms with Crippen LogP contribution >= 0.6 is 0 Å². The smallest absolute Gasteiger partial charge is 0.108 e. The van der Waals surface area contributed by atoms with Gasteiger partial charge >= 0.3 is 0 Å². The summed E-state index contributed by atoms with van der Waals surface area (Å²) in [6, 6.07) is 15.9. The first-order valence-corrected chi connectivity index (χ1v) is 9.71. The first-order valence-electron chi connectivity index (χ1n) is 11.7. The molecule has 2 atom stereocenters. The number of hydrogen-bond acceptors (Lipinski definition) is 2. The molecule has 26 heavy (non-hydrogen) atoms. The Morgan fingerprint density at radius 2 is 1.62 bits per heavy atom. The second-order valence-corrected chi connectivity index (χ2v) is 7.75. The van der Waals surface area contributed by atoms with Crippen LogP contribution in [0, 0.1) is 12.8 Å². The molecule has 3 aliphatic rings. The molecule has 2 aromatic rings. The van der Waals surface area contributed by atoms with Crippen LogP contribution in [0.1, 0.15) is 62.0 Å². The highest BCUT2D eigenvalue weighted by Gasteiger charge is 2.47. The van der Waals surface area contributed by atoms with Crippen molar-refractivity contribution in [2.45, 2.75) is 58.4 Å². The SMILES string of the molecule is [2H]C([2H])([2H])C1N(c2ccccc2C)C(C)=C2N1c1ccccc1C2([2H])C1CCCC1. The van der Waals surface area contributed by atoms with Crippen molar-refractivity contribution in [3.63, 3.8) is 0 Å². The van der Waals surface area contributed by atoms with Crippen molar-refractivity contribution in [3.8, 4) is 0 Å². The zero-order valence-electron chi connectivity index (χ0n) is 19.5. The number of aryl methyl sites for hydroxylation is 1. The van der Waals surface area contributed by atoms with E-state index in [2.05, 4.69) is 0 Å². The van der Waals surface area contributed by atoms with E-state index in [1.165, 1.54) is 0 Å². The Morgan fingerprint density at radius 3 is 2.35 bits per heavy atom. The van der Waals surface area contributed by atoms with Crippen LogP contribution in [0.25, 0.3) is 0 Å².